The second-order valence-electron chi connectivity index (χ2n) is 6.52. The minimum Gasteiger partial charge on any atom is -0.464 e. The van der Waals surface area contributed by atoms with E-state index in [0.717, 1.165) is 11.1 Å². The third kappa shape index (κ3) is 4.90. The van der Waals surface area contributed by atoms with Gasteiger partial charge in [0.1, 0.15) is 17.6 Å². The number of methoxy groups -OCH3 is 1. The molecular weight excluding hydrogens is 368 g/mol. The lowest BCUT2D eigenvalue weighted by atomic mass is 10.1. The lowest BCUT2D eigenvalue weighted by Crippen LogP contribution is -2.49. The van der Waals surface area contributed by atoms with Gasteiger partial charge in [0.15, 0.2) is 0 Å². The highest BCUT2D eigenvalue weighted by Crippen LogP contribution is 2.18. The zero-order valence-corrected chi connectivity index (χ0v) is 16.0. The van der Waals surface area contributed by atoms with Crippen molar-refractivity contribution in [1.29, 1.82) is 5.41 Å². The van der Waals surface area contributed by atoms with Crippen LogP contribution < -0.4 is 11.1 Å². The molecule has 0 radical (unpaired) electrons. The molecule has 7 heteroatoms. The summed E-state index contributed by atoms with van der Waals surface area (Å²) in [6, 6.07) is 16.2. The monoisotopic (exact) mass is 390 g/mol. The molecule has 0 aromatic heterocycles. The number of hydrogen-bond acceptors (Lipinski definition) is 5. The van der Waals surface area contributed by atoms with Gasteiger partial charge < -0.3 is 20.7 Å². The van der Waals surface area contributed by atoms with Gasteiger partial charge in [-0.3, -0.25) is 10.2 Å². The summed E-state index contributed by atoms with van der Waals surface area (Å²) in [6.07, 6.45) is 5.22. The molecule has 2 aromatic carbocycles. The van der Waals surface area contributed by atoms with Gasteiger partial charge in [0.2, 0.25) is 0 Å². The number of ether oxygens (including phenoxy) is 1. The number of rotatable bonds is 6. The Hall–Kier alpha value is -3.87. The van der Waals surface area contributed by atoms with Gasteiger partial charge in [-0.05, 0) is 17.2 Å². The van der Waals surface area contributed by atoms with Gasteiger partial charge >= 0.3 is 5.97 Å². The molecule has 1 atom stereocenters. The number of amides is 1. The maximum Gasteiger partial charge on any atom is 0.356 e. The van der Waals surface area contributed by atoms with Crippen LogP contribution in [-0.2, 0) is 20.9 Å². The normalized spacial score (nSPS) is 16.3. The standard InChI is InChI=1S/C22H22N4O3/c1-29-22(28)18-14-26(13-16-8-5-9-17(12-16)20(23)24)19(21(27)25-18)11-10-15-6-3-2-4-7-15/h2-12,14,19H,13H2,1H3,(H3,23,24)(H,25,27)/b11-10+. The highest BCUT2D eigenvalue weighted by molar-refractivity contribution is 5.98. The molecule has 4 N–H and O–H groups in total. The van der Waals surface area contributed by atoms with E-state index in [0.29, 0.717) is 12.1 Å². The lowest BCUT2D eigenvalue weighted by molar-refractivity contribution is -0.139. The molecule has 0 aliphatic carbocycles. The number of amidine groups is 1. The Balaban J connectivity index is 1.92. The van der Waals surface area contributed by atoms with Crippen molar-refractivity contribution in [2.75, 3.05) is 7.11 Å². The number of carbonyl (C=O) groups excluding carboxylic acids is 2. The third-order valence-corrected chi connectivity index (χ3v) is 4.46. The van der Waals surface area contributed by atoms with Crippen LogP contribution >= 0.6 is 0 Å². The van der Waals surface area contributed by atoms with Gasteiger partial charge in [-0.2, -0.15) is 0 Å². The highest BCUT2D eigenvalue weighted by atomic mass is 16.5. The van der Waals surface area contributed by atoms with Crippen molar-refractivity contribution < 1.29 is 14.3 Å². The molecule has 0 fully saturated rings. The fourth-order valence-corrected chi connectivity index (χ4v) is 3.01. The number of nitrogens with zero attached hydrogens (tertiary/aromatic N) is 1. The van der Waals surface area contributed by atoms with Gasteiger partial charge in [-0.25, -0.2) is 4.79 Å². The fourth-order valence-electron chi connectivity index (χ4n) is 3.01. The van der Waals surface area contributed by atoms with Gasteiger partial charge in [-0.15, -0.1) is 0 Å². The molecule has 0 bridgehead atoms. The lowest BCUT2D eigenvalue weighted by Gasteiger charge is -2.32. The van der Waals surface area contributed by atoms with E-state index < -0.39 is 12.0 Å². The molecule has 1 aliphatic rings. The second-order valence-corrected chi connectivity index (χ2v) is 6.52. The van der Waals surface area contributed by atoms with Crippen molar-refractivity contribution in [1.82, 2.24) is 10.2 Å². The molecule has 0 saturated heterocycles. The zero-order valence-electron chi connectivity index (χ0n) is 16.0. The number of hydrogen-bond donors (Lipinski definition) is 3. The van der Waals surface area contributed by atoms with E-state index >= 15 is 0 Å². The molecule has 1 heterocycles. The van der Waals surface area contributed by atoms with E-state index in [1.54, 1.807) is 35.4 Å². The Bertz CT molecular complexity index is 983. The third-order valence-electron chi connectivity index (χ3n) is 4.46. The van der Waals surface area contributed by atoms with E-state index in [4.69, 9.17) is 15.9 Å². The van der Waals surface area contributed by atoms with E-state index in [-0.39, 0.29) is 17.4 Å². The number of carbonyl (C=O) groups is 2. The van der Waals surface area contributed by atoms with Crippen LogP contribution in [-0.4, -0.2) is 35.8 Å². The van der Waals surface area contributed by atoms with E-state index in [1.165, 1.54) is 7.11 Å². The van der Waals surface area contributed by atoms with Crippen LogP contribution in [0.2, 0.25) is 0 Å². The molecule has 7 nitrogen and oxygen atoms in total. The largest absolute Gasteiger partial charge is 0.464 e. The molecule has 1 amide bonds. The predicted molar refractivity (Wildman–Crippen MR) is 111 cm³/mol. The average Bonchev–Trinajstić information content (AvgIpc) is 2.73. The SMILES string of the molecule is COC(=O)C1=CN(Cc2cccc(C(=N)N)c2)C(/C=C/c2ccccc2)C(=O)N1. The number of nitrogens with one attached hydrogen (secondary N) is 2. The van der Waals surface area contributed by atoms with Crippen LogP contribution in [0.4, 0.5) is 0 Å². The Kier molecular flexibility index (Phi) is 6.09. The maximum absolute atomic E-state index is 12.7. The molecule has 29 heavy (non-hydrogen) atoms. The minimum absolute atomic E-state index is 0.0328. The highest BCUT2D eigenvalue weighted by Gasteiger charge is 2.30. The van der Waals surface area contributed by atoms with Crippen molar-refractivity contribution >= 4 is 23.8 Å². The molecule has 1 aliphatic heterocycles. The molecule has 3 rings (SSSR count). The van der Waals surface area contributed by atoms with Gasteiger partial charge in [0.25, 0.3) is 5.91 Å². The Labute approximate surface area is 169 Å². The molecular formula is C22H22N4O3. The van der Waals surface area contributed by atoms with Crippen LogP contribution in [0.5, 0.6) is 0 Å². The maximum atomic E-state index is 12.7. The fraction of sp³-hybridized carbons (Fsp3) is 0.136. The smallest absolute Gasteiger partial charge is 0.356 e. The quantitative estimate of drug-likeness (QED) is 0.397. The van der Waals surface area contributed by atoms with Crippen LogP contribution in [0.3, 0.4) is 0 Å². The van der Waals surface area contributed by atoms with E-state index in [1.807, 2.05) is 42.5 Å². The summed E-state index contributed by atoms with van der Waals surface area (Å²) in [7, 11) is 1.26. The van der Waals surface area contributed by atoms with Crippen LogP contribution in [0.15, 0.2) is 72.6 Å². The van der Waals surface area contributed by atoms with E-state index in [9.17, 15) is 9.59 Å². The molecule has 2 aromatic rings. The number of esters is 1. The number of nitrogen functional groups attached to an aromatic ring is 1. The summed E-state index contributed by atoms with van der Waals surface area (Å²) >= 11 is 0. The van der Waals surface area contributed by atoms with Crippen LogP contribution in [0, 0.1) is 5.41 Å². The van der Waals surface area contributed by atoms with Gasteiger partial charge in [0.05, 0.1) is 7.11 Å². The molecule has 148 valence electrons. The molecule has 1 unspecified atom stereocenters. The predicted octanol–water partition coefficient (Wildman–Crippen LogP) is 2.00. The van der Waals surface area contributed by atoms with E-state index in [2.05, 4.69) is 5.32 Å². The zero-order chi connectivity index (χ0) is 20.8. The van der Waals surface area contributed by atoms with Crippen molar-refractivity contribution in [3.05, 3.63) is 89.3 Å². The summed E-state index contributed by atoms with van der Waals surface area (Å²) in [5.41, 5.74) is 8.06. The van der Waals surface area contributed by atoms with Crippen molar-refractivity contribution in [2.24, 2.45) is 5.73 Å². The van der Waals surface area contributed by atoms with Gasteiger partial charge in [-0.1, -0.05) is 60.7 Å². The first kappa shape index (κ1) is 19.9. The Morgan fingerprint density at radius 1 is 1.24 bits per heavy atom. The summed E-state index contributed by atoms with van der Waals surface area (Å²) < 4.78 is 4.74. The van der Waals surface area contributed by atoms with Crippen molar-refractivity contribution in [3.63, 3.8) is 0 Å². The van der Waals surface area contributed by atoms with Crippen LogP contribution in [0.25, 0.3) is 6.08 Å². The first-order valence-corrected chi connectivity index (χ1v) is 9.01. The Morgan fingerprint density at radius 2 is 2.00 bits per heavy atom. The average molecular weight is 390 g/mol. The molecule has 0 spiro atoms. The second kappa shape index (κ2) is 8.88. The summed E-state index contributed by atoms with van der Waals surface area (Å²) in [5, 5.41) is 10.2. The first-order valence-electron chi connectivity index (χ1n) is 9.01. The summed E-state index contributed by atoms with van der Waals surface area (Å²) in [5.74, 6) is -0.983. The minimum atomic E-state index is -0.621. The van der Waals surface area contributed by atoms with Gasteiger partial charge in [0, 0.05) is 18.3 Å². The van der Waals surface area contributed by atoms with Crippen molar-refractivity contribution in [3.8, 4) is 0 Å². The van der Waals surface area contributed by atoms with Crippen LogP contribution in [0.1, 0.15) is 16.7 Å². The van der Waals surface area contributed by atoms with Crippen molar-refractivity contribution in [2.45, 2.75) is 12.6 Å². The first-order chi connectivity index (χ1) is 14.0. The number of nitrogens with two attached hydrogens (primary N) is 1. The number of benzene rings is 2. The summed E-state index contributed by atoms with van der Waals surface area (Å²) in [4.78, 5) is 26.4. The molecule has 0 saturated carbocycles. The topological polar surface area (TPSA) is 109 Å². The summed E-state index contributed by atoms with van der Waals surface area (Å²) in [6.45, 7) is 0.346. The Morgan fingerprint density at radius 3 is 2.69 bits per heavy atom.